The van der Waals surface area contributed by atoms with Crippen molar-refractivity contribution in [1.82, 2.24) is 9.97 Å². The van der Waals surface area contributed by atoms with Gasteiger partial charge in [0.1, 0.15) is 11.3 Å². The van der Waals surface area contributed by atoms with Crippen molar-refractivity contribution < 1.29 is 34.4 Å². The molecule has 1 aliphatic carbocycles. The molecule has 1 aromatic carbocycles. The first-order chi connectivity index (χ1) is 19.6. The Morgan fingerprint density at radius 1 is 1.00 bits per heavy atom. The van der Waals surface area contributed by atoms with E-state index in [0.29, 0.717) is 11.8 Å². The van der Waals surface area contributed by atoms with E-state index in [1.54, 1.807) is 0 Å². The first-order valence-electron chi connectivity index (χ1n) is 15.3. The zero-order valence-corrected chi connectivity index (χ0v) is 29.9. The Hall–Kier alpha value is -2.82. The maximum atomic E-state index is 11.0. The van der Waals surface area contributed by atoms with E-state index in [0.717, 1.165) is 51.0 Å². The molecule has 0 saturated carbocycles. The molecule has 1 N–H and O–H groups in total. The summed E-state index contributed by atoms with van der Waals surface area (Å²) in [5, 5.41) is 11.4. The van der Waals surface area contributed by atoms with Gasteiger partial charge in [0.05, 0.1) is 5.76 Å². The second-order valence-corrected chi connectivity index (χ2v) is 14.1. The van der Waals surface area contributed by atoms with Gasteiger partial charge in [-0.05, 0) is 34.5 Å². The molecule has 233 valence electrons. The van der Waals surface area contributed by atoms with Crippen LogP contribution in [0, 0.1) is 35.2 Å². The molecule has 0 saturated heterocycles. The molecular weight excluding hydrogens is 713 g/mol. The number of hydrogen-bond donors (Lipinski definition) is 1. The van der Waals surface area contributed by atoms with Gasteiger partial charge in [-0.1, -0.05) is 105 Å². The Morgan fingerprint density at radius 3 is 2.19 bits per heavy atom. The molecule has 0 amide bonds. The van der Waals surface area contributed by atoms with Crippen LogP contribution >= 0.6 is 0 Å². The van der Waals surface area contributed by atoms with E-state index in [1.807, 2.05) is 46.0 Å². The average molecular weight is 760 g/mol. The molecule has 0 aliphatic heterocycles. The molecule has 0 bridgehead atoms. The molecule has 1 aliphatic rings. The summed E-state index contributed by atoms with van der Waals surface area (Å²) in [5.41, 5.74) is 6.15. The summed E-state index contributed by atoms with van der Waals surface area (Å²) in [7, 11) is 0. The molecular formula is C37H47IrN2O3-. The number of carbonyl (C=O) groups excluding carboxylic acids is 1. The number of rotatable bonds is 6. The van der Waals surface area contributed by atoms with Gasteiger partial charge in [0.2, 0.25) is 0 Å². The zero-order chi connectivity index (χ0) is 31.1. The number of aliphatic hydroxyl groups is 1. The summed E-state index contributed by atoms with van der Waals surface area (Å²) >= 11 is 0. The van der Waals surface area contributed by atoms with Gasteiger partial charge in [-0.15, -0.1) is 12.1 Å². The molecule has 5 nitrogen and oxygen atoms in total. The van der Waals surface area contributed by atoms with Crippen molar-refractivity contribution in [3.63, 3.8) is 0 Å². The van der Waals surface area contributed by atoms with Crippen LogP contribution in [0.15, 0.2) is 52.8 Å². The van der Waals surface area contributed by atoms with E-state index in [4.69, 9.17) is 14.4 Å². The third-order valence-corrected chi connectivity index (χ3v) is 8.31. The average Bonchev–Trinajstić information content (AvgIpc) is 3.25. The SMILES string of the molecule is CC(C)C(=O)/C=C(\O)C(C)C.CC(C)C1(C(C)C)c2nc3ccccc3[c-]c2-c2nccc3oc(CC(C)(C)C)c1c23.[Ir]. The predicted octanol–water partition coefficient (Wildman–Crippen LogP) is 9.65. The minimum Gasteiger partial charge on any atom is -0.512 e. The quantitative estimate of drug-likeness (QED) is 0.120. The summed E-state index contributed by atoms with van der Waals surface area (Å²) < 4.78 is 6.59. The monoisotopic (exact) mass is 760 g/mol. The van der Waals surface area contributed by atoms with E-state index in [1.165, 1.54) is 11.6 Å². The predicted molar refractivity (Wildman–Crippen MR) is 173 cm³/mol. The summed E-state index contributed by atoms with van der Waals surface area (Å²) in [6.45, 7) is 23.4. The van der Waals surface area contributed by atoms with Crippen LogP contribution in [0.1, 0.15) is 93.2 Å². The minimum absolute atomic E-state index is 0. The number of nitrogens with zero attached hydrogens (tertiary/aromatic N) is 2. The fourth-order valence-corrected chi connectivity index (χ4v) is 6.23. The molecule has 4 aromatic rings. The van der Waals surface area contributed by atoms with Crippen LogP contribution in [0.5, 0.6) is 0 Å². The second kappa shape index (κ2) is 13.0. The van der Waals surface area contributed by atoms with Crippen molar-refractivity contribution in [2.75, 3.05) is 0 Å². The first kappa shape index (κ1) is 34.7. The Labute approximate surface area is 270 Å². The van der Waals surface area contributed by atoms with Crippen molar-refractivity contribution in [3.8, 4) is 11.3 Å². The number of para-hydroxylation sites is 1. The number of fused-ring (bicyclic) bond motifs is 3. The van der Waals surface area contributed by atoms with Crippen LogP contribution in [0.25, 0.3) is 33.1 Å². The van der Waals surface area contributed by atoms with Crippen molar-refractivity contribution in [3.05, 3.63) is 71.4 Å². The normalized spacial score (nSPS) is 14.3. The number of aromatic nitrogens is 2. The Balaban J connectivity index is 0.000000363. The number of benzene rings is 1. The number of hydrogen-bond acceptors (Lipinski definition) is 5. The Morgan fingerprint density at radius 2 is 1.63 bits per heavy atom. The maximum absolute atomic E-state index is 11.0. The van der Waals surface area contributed by atoms with Crippen LogP contribution in [0.4, 0.5) is 0 Å². The van der Waals surface area contributed by atoms with Crippen LogP contribution in [0.3, 0.4) is 0 Å². The van der Waals surface area contributed by atoms with Crippen molar-refractivity contribution in [1.29, 1.82) is 0 Å². The van der Waals surface area contributed by atoms with Gasteiger partial charge in [0.15, 0.2) is 5.78 Å². The van der Waals surface area contributed by atoms with Crippen LogP contribution < -0.4 is 0 Å². The van der Waals surface area contributed by atoms with Gasteiger partial charge >= 0.3 is 0 Å². The number of allylic oxidation sites excluding steroid dienone is 2. The molecule has 1 radical (unpaired) electrons. The fourth-order valence-electron chi connectivity index (χ4n) is 6.23. The van der Waals surface area contributed by atoms with Crippen molar-refractivity contribution in [2.45, 2.75) is 88.0 Å². The fraction of sp³-hybridized carbons (Fsp3) is 0.486. The van der Waals surface area contributed by atoms with Gasteiger partial charge in [-0.25, -0.2) is 0 Å². The molecule has 6 heteroatoms. The number of pyridine rings is 2. The topological polar surface area (TPSA) is 76.2 Å². The molecule has 0 unspecified atom stereocenters. The summed E-state index contributed by atoms with van der Waals surface area (Å²) in [6.07, 6.45) is 4.05. The van der Waals surface area contributed by atoms with Crippen molar-refractivity contribution >= 4 is 27.7 Å². The first-order valence-corrected chi connectivity index (χ1v) is 15.3. The molecule has 0 spiro atoms. The molecule has 3 heterocycles. The van der Waals surface area contributed by atoms with Gasteiger partial charge in [0.25, 0.3) is 0 Å². The van der Waals surface area contributed by atoms with E-state index >= 15 is 0 Å². The van der Waals surface area contributed by atoms with E-state index < -0.39 is 0 Å². The van der Waals surface area contributed by atoms with Crippen molar-refractivity contribution in [2.24, 2.45) is 29.1 Å². The second-order valence-electron chi connectivity index (χ2n) is 14.1. The standard InChI is InChI=1S/C28H31N2O.C9H16O2.Ir/c1-16(2)28(17(3)4)24-22(15-27(5,6)7)31-21-12-13-29-25(23(21)24)19-14-18-10-8-9-11-20(18)30-26(19)28;1-6(2)8(10)5-9(11)7(3)4;/h8-13,16-17H,15H2,1-7H3;5-7,10H,1-4H3;/q-1;;/b;8-5-;. The summed E-state index contributed by atoms with van der Waals surface area (Å²) in [6, 6.07) is 14.0. The van der Waals surface area contributed by atoms with Crippen LogP contribution in [0.2, 0.25) is 0 Å². The maximum Gasteiger partial charge on any atom is 0.161 e. The summed E-state index contributed by atoms with van der Waals surface area (Å²) in [5.74, 6) is 1.91. The van der Waals surface area contributed by atoms with E-state index in [2.05, 4.69) is 72.7 Å². The van der Waals surface area contributed by atoms with Crippen LogP contribution in [-0.4, -0.2) is 20.9 Å². The zero-order valence-electron chi connectivity index (χ0n) is 27.5. The molecule has 43 heavy (non-hydrogen) atoms. The summed E-state index contributed by atoms with van der Waals surface area (Å²) in [4.78, 5) is 21.2. The Bertz CT molecular complexity index is 1630. The van der Waals surface area contributed by atoms with Gasteiger partial charge in [0, 0.05) is 72.7 Å². The van der Waals surface area contributed by atoms with Gasteiger partial charge < -0.3 is 14.5 Å². The van der Waals surface area contributed by atoms with E-state index in [9.17, 15) is 9.90 Å². The Kier molecular flexibility index (Phi) is 10.5. The molecule has 5 rings (SSSR count). The third-order valence-electron chi connectivity index (χ3n) is 8.31. The molecule has 3 aromatic heterocycles. The molecule has 0 fully saturated rings. The number of carbonyl (C=O) groups is 1. The third kappa shape index (κ3) is 6.51. The van der Waals surface area contributed by atoms with E-state index in [-0.39, 0.29) is 54.3 Å². The largest absolute Gasteiger partial charge is 0.512 e. The smallest absolute Gasteiger partial charge is 0.161 e. The molecule has 0 atom stereocenters. The van der Waals surface area contributed by atoms with Gasteiger partial charge in [-0.2, -0.15) is 0 Å². The van der Waals surface area contributed by atoms with Gasteiger partial charge in [-0.3, -0.25) is 9.78 Å². The number of furan rings is 1. The number of aliphatic hydroxyl groups excluding tert-OH is 1. The van der Waals surface area contributed by atoms with Crippen LogP contribution in [-0.2, 0) is 36.7 Å². The minimum atomic E-state index is -0.266. The number of ketones is 1.